The summed E-state index contributed by atoms with van der Waals surface area (Å²) in [6.45, 7) is 11.1. The van der Waals surface area contributed by atoms with Gasteiger partial charge in [-0.3, -0.25) is 0 Å². The third kappa shape index (κ3) is 3.51. The van der Waals surface area contributed by atoms with E-state index in [0.717, 1.165) is 18.4 Å². The molecule has 0 aliphatic rings. The first-order valence-electron chi connectivity index (χ1n) is 5.98. The SMILES string of the molecule is CCN(CC(C)C)c1ccc(CBr)c(C)c1. The maximum atomic E-state index is 3.51. The van der Waals surface area contributed by atoms with Crippen molar-refractivity contribution >= 4 is 21.6 Å². The molecule has 1 rings (SSSR count). The number of alkyl halides is 1. The number of anilines is 1. The van der Waals surface area contributed by atoms with E-state index in [1.165, 1.54) is 16.8 Å². The molecule has 0 aliphatic carbocycles. The van der Waals surface area contributed by atoms with Crippen molar-refractivity contribution in [3.63, 3.8) is 0 Å². The van der Waals surface area contributed by atoms with Crippen molar-refractivity contribution in [1.82, 2.24) is 0 Å². The lowest BCUT2D eigenvalue weighted by molar-refractivity contribution is 0.618. The summed E-state index contributed by atoms with van der Waals surface area (Å²) in [6.07, 6.45) is 0. The highest BCUT2D eigenvalue weighted by Crippen LogP contribution is 2.21. The van der Waals surface area contributed by atoms with E-state index >= 15 is 0 Å². The zero-order chi connectivity index (χ0) is 12.1. The molecule has 2 heteroatoms. The van der Waals surface area contributed by atoms with Crippen LogP contribution in [0.3, 0.4) is 0 Å². The highest BCUT2D eigenvalue weighted by Gasteiger charge is 2.07. The Morgan fingerprint density at radius 1 is 1.31 bits per heavy atom. The van der Waals surface area contributed by atoms with Gasteiger partial charge in [-0.25, -0.2) is 0 Å². The Balaban J connectivity index is 2.89. The van der Waals surface area contributed by atoms with Gasteiger partial charge in [-0.2, -0.15) is 0 Å². The van der Waals surface area contributed by atoms with Gasteiger partial charge in [0.2, 0.25) is 0 Å². The lowest BCUT2D eigenvalue weighted by Gasteiger charge is -2.26. The number of hydrogen-bond acceptors (Lipinski definition) is 1. The molecule has 0 fully saturated rings. The van der Waals surface area contributed by atoms with Gasteiger partial charge in [-0.1, -0.05) is 35.8 Å². The molecule has 0 bridgehead atoms. The van der Waals surface area contributed by atoms with Crippen molar-refractivity contribution in [3.8, 4) is 0 Å². The predicted octanol–water partition coefficient (Wildman–Crippen LogP) is 4.37. The number of hydrogen-bond donors (Lipinski definition) is 0. The van der Waals surface area contributed by atoms with Gasteiger partial charge in [0.05, 0.1) is 0 Å². The topological polar surface area (TPSA) is 3.24 Å². The van der Waals surface area contributed by atoms with E-state index < -0.39 is 0 Å². The van der Waals surface area contributed by atoms with Crippen LogP contribution in [0.5, 0.6) is 0 Å². The van der Waals surface area contributed by atoms with Gasteiger partial charge in [0.25, 0.3) is 0 Å². The predicted molar refractivity (Wildman–Crippen MR) is 76.5 cm³/mol. The molecule has 0 heterocycles. The molecule has 16 heavy (non-hydrogen) atoms. The fourth-order valence-corrected chi connectivity index (χ4v) is 2.51. The Kier molecular flexibility index (Phi) is 5.33. The summed E-state index contributed by atoms with van der Waals surface area (Å²) >= 11 is 3.51. The Morgan fingerprint density at radius 3 is 2.44 bits per heavy atom. The first kappa shape index (κ1) is 13.6. The van der Waals surface area contributed by atoms with E-state index in [0.29, 0.717) is 5.92 Å². The van der Waals surface area contributed by atoms with Crippen molar-refractivity contribution in [3.05, 3.63) is 29.3 Å². The molecule has 0 aromatic heterocycles. The number of halogens is 1. The third-order valence-corrected chi connectivity index (χ3v) is 3.41. The normalized spacial score (nSPS) is 10.9. The van der Waals surface area contributed by atoms with Crippen molar-refractivity contribution in [1.29, 1.82) is 0 Å². The summed E-state index contributed by atoms with van der Waals surface area (Å²) in [4.78, 5) is 2.44. The lowest BCUT2D eigenvalue weighted by Crippen LogP contribution is -2.27. The monoisotopic (exact) mass is 283 g/mol. The maximum Gasteiger partial charge on any atom is 0.0369 e. The minimum atomic E-state index is 0.705. The van der Waals surface area contributed by atoms with Gasteiger partial charge in [0.15, 0.2) is 0 Å². The van der Waals surface area contributed by atoms with Gasteiger partial charge in [-0.15, -0.1) is 0 Å². The third-order valence-electron chi connectivity index (χ3n) is 2.80. The molecule has 0 spiro atoms. The number of aryl methyl sites for hydroxylation is 1. The number of benzene rings is 1. The van der Waals surface area contributed by atoms with Crippen LogP contribution in [0.25, 0.3) is 0 Å². The van der Waals surface area contributed by atoms with Crippen LogP contribution in [0.4, 0.5) is 5.69 Å². The van der Waals surface area contributed by atoms with E-state index in [-0.39, 0.29) is 0 Å². The van der Waals surface area contributed by atoms with E-state index in [4.69, 9.17) is 0 Å². The largest absolute Gasteiger partial charge is 0.372 e. The number of rotatable bonds is 5. The number of nitrogens with zero attached hydrogens (tertiary/aromatic N) is 1. The van der Waals surface area contributed by atoms with Crippen LogP contribution in [0, 0.1) is 12.8 Å². The fourth-order valence-electron chi connectivity index (χ4n) is 1.88. The Morgan fingerprint density at radius 2 is 2.00 bits per heavy atom. The summed E-state index contributed by atoms with van der Waals surface area (Å²) in [6, 6.07) is 6.75. The molecule has 0 aliphatic heterocycles. The van der Waals surface area contributed by atoms with E-state index in [2.05, 4.69) is 66.7 Å². The van der Waals surface area contributed by atoms with Gasteiger partial charge in [-0.05, 0) is 43.0 Å². The summed E-state index contributed by atoms with van der Waals surface area (Å²) in [5, 5.41) is 0.940. The highest BCUT2D eigenvalue weighted by atomic mass is 79.9. The maximum absolute atomic E-state index is 3.51. The minimum absolute atomic E-state index is 0.705. The molecule has 1 nitrogen and oxygen atoms in total. The summed E-state index contributed by atoms with van der Waals surface area (Å²) in [5.41, 5.74) is 4.10. The summed E-state index contributed by atoms with van der Waals surface area (Å²) in [5.74, 6) is 0.705. The molecule has 0 atom stereocenters. The second-order valence-corrected chi connectivity index (χ2v) is 5.24. The van der Waals surface area contributed by atoms with Crippen LogP contribution < -0.4 is 4.90 Å². The van der Waals surface area contributed by atoms with Gasteiger partial charge in [0, 0.05) is 24.1 Å². The Labute approximate surface area is 108 Å². The fraction of sp³-hybridized carbons (Fsp3) is 0.571. The molecule has 0 radical (unpaired) electrons. The van der Waals surface area contributed by atoms with E-state index in [9.17, 15) is 0 Å². The van der Waals surface area contributed by atoms with Crippen LogP contribution in [0.1, 0.15) is 31.9 Å². The van der Waals surface area contributed by atoms with Crippen molar-refractivity contribution in [2.24, 2.45) is 5.92 Å². The molecular formula is C14H22BrN. The standard InChI is InChI=1S/C14H22BrN/c1-5-16(10-11(2)3)14-7-6-13(9-15)12(4)8-14/h6-8,11H,5,9-10H2,1-4H3. The molecule has 1 aromatic carbocycles. The summed E-state index contributed by atoms with van der Waals surface area (Å²) in [7, 11) is 0. The van der Waals surface area contributed by atoms with Crippen LogP contribution in [-0.2, 0) is 5.33 Å². The molecule has 90 valence electrons. The summed E-state index contributed by atoms with van der Waals surface area (Å²) < 4.78 is 0. The van der Waals surface area contributed by atoms with Crippen LogP contribution in [-0.4, -0.2) is 13.1 Å². The van der Waals surface area contributed by atoms with Gasteiger partial charge >= 0.3 is 0 Å². The van der Waals surface area contributed by atoms with Gasteiger partial charge < -0.3 is 4.90 Å². The van der Waals surface area contributed by atoms with Crippen LogP contribution >= 0.6 is 15.9 Å². The van der Waals surface area contributed by atoms with E-state index in [1.807, 2.05) is 0 Å². The van der Waals surface area contributed by atoms with Crippen LogP contribution in [0.2, 0.25) is 0 Å². The highest BCUT2D eigenvalue weighted by molar-refractivity contribution is 9.08. The van der Waals surface area contributed by atoms with Crippen LogP contribution in [0.15, 0.2) is 18.2 Å². The molecule has 0 amide bonds. The van der Waals surface area contributed by atoms with Crippen molar-refractivity contribution in [2.75, 3.05) is 18.0 Å². The van der Waals surface area contributed by atoms with Crippen molar-refractivity contribution < 1.29 is 0 Å². The molecular weight excluding hydrogens is 262 g/mol. The molecule has 0 saturated carbocycles. The average Bonchev–Trinajstić information content (AvgIpc) is 2.25. The Hall–Kier alpha value is -0.500. The quantitative estimate of drug-likeness (QED) is 0.726. The molecule has 0 unspecified atom stereocenters. The van der Waals surface area contributed by atoms with E-state index in [1.54, 1.807) is 0 Å². The minimum Gasteiger partial charge on any atom is -0.372 e. The Bertz CT molecular complexity index is 334. The zero-order valence-electron chi connectivity index (χ0n) is 10.8. The molecule has 0 saturated heterocycles. The second kappa shape index (κ2) is 6.29. The second-order valence-electron chi connectivity index (χ2n) is 4.68. The zero-order valence-corrected chi connectivity index (χ0v) is 12.3. The molecule has 1 aromatic rings. The van der Waals surface area contributed by atoms with Gasteiger partial charge in [0.1, 0.15) is 0 Å². The first-order chi connectivity index (χ1) is 7.58. The first-order valence-corrected chi connectivity index (χ1v) is 7.11. The lowest BCUT2D eigenvalue weighted by atomic mass is 10.1. The average molecular weight is 284 g/mol. The molecule has 0 N–H and O–H groups in total. The smallest absolute Gasteiger partial charge is 0.0369 e. The van der Waals surface area contributed by atoms with Crippen molar-refractivity contribution in [2.45, 2.75) is 33.0 Å².